The van der Waals surface area contributed by atoms with Crippen molar-refractivity contribution in [2.45, 2.75) is 13.5 Å². The molecular formula is C11H10F2N2O. The van der Waals surface area contributed by atoms with Crippen molar-refractivity contribution in [1.29, 1.82) is 0 Å². The van der Waals surface area contributed by atoms with Gasteiger partial charge >= 0.3 is 0 Å². The van der Waals surface area contributed by atoms with Crippen molar-refractivity contribution in [3.63, 3.8) is 0 Å². The lowest BCUT2D eigenvalue weighted by Crippen LogP contribution is -2.02. The first kappa shape index (κ1) is 10.6. The molecule has 0 amide bonds. The predicted molar refractivity (Wildman–Crippen MR) is 54.9 cm³/mol. The molecule has 1 heterocycles. The first-order valence-electron chi connectivity index (χ1n) is 4.73. The summed E-state index contributed by atoms with van der Waals surface area (Å²) in [7, 11) is 0. The molecule has 0 aliphatic carbocycles. The number of hydrogen-bond donors (Lipinski definition) is 1. The third-order valence-electron chi connectivity index (χ3n) is 2.18. The molecule has 2 rings (SSSR count). The lowest BCUT2D eigenvalue weighted by atomic mass is 10.2. The lowest BCUT2D eigenvalue weighted by molar-refractivity contribution is 0.510. The quantitative estimate of drug-likeness (QED) is 0.871. The largest absolute Gasteiger partial charge is 0.447 e. The van der Waals surface area contributed by atoms with Crippen LogP contribution in [0.25, 0.3) is 0 Å². The van der Waals surface area contributed by atoms with E-state index in [-0.39, 0.29) is 17.8 Å². The SMILES string of the molecule is Cc1cc(F)c(NCc2cnco2)cc1F. The van der Waals surface area contributed by atoms with Crippen LogP contribution in [0.1, 0.15) is 11.3 Å². The molecule has 0 spiro atoms. The zero-order chi connectivity index (χ0) is 11.5. The van der Waals surface area contributed by atoms with Gasteiger partial charge < -0.3 is 9.73 Å². The standard InChI is InChI=1S/C11H10F2N2O/c1-7-2-10(13)11(3-9(7)12)15-5-8-4-14-6-16-8/h2-4,6,15H,5H2,1H3. The fourth-order valence-corrected chi connectivity index (χ4v) is 1.29. The second-order valence-electron chi connectivity index (χ2n) is 3.40. The Balaban J connectivity index is 2.12. The van der Waals surface area contributed by atoms with Crippen molar-refractivity contribution in [2.75, 3.05) is 5.32 Å². The molecule has 0 atom stereocenters. The van der Waals surface area contributed by atoms with Gasteiger partial charge in [0.2, 0.25) is 0 Å². The van der Waals surface area contributed by atoms with Crippen LogP contribution in [0, 0.1) is 18.6 Å². The highest BCUT2D eigenvalue weighted by Gasteiger charge is 2.07. The summed E-state index contributed by atoms with van der Waals surface area (Å²) >= 11 is 0. The van der Waals surface area contributed by atoms with Gasteiger partial charge in [-0.05, 0) is 18.6 Å². The highest BCUT2D eigenvalue weighted by molar-refractivity contribution is 5.46. The van der Waals surface area contributed by atoms with Crippen LogP contribution in [0.2, 0.25) is 0 Å². The van der Waals surface area contributed by atoms with E-state index in [4.69, 9.17) is 4.42 Å². The maximum atomic E-state index is 13.4. The van der Waals surface area contributed by atoms with Crippen LogP contribution in [0.3, 0.4) is 0 Å². The molecule has 0 bridgehead atoms. The van der Waals surface area contributed by atoms with E-state index in [1.807, 2.05) is 0 Å². The number of halogens is 2. The average molecular weight is 224 g/mol. The van der Waals surface area contributed by atoms with Gasteiger partial charge in [-0.1, -0.05) is 0 Å². The van der Waals surface area contributed by atoms with Crippen LogP contribution in [0.15, 0.2) is 29.1 Å². The minimum Gasteiger partial charge on any atom is -0.447 e. The molecule has 5 heteroatoms. The minimum atomic E-state index is -0.488. The second-order valence-corrected chi connectivity index (χ2v) is 3.40. The number of anilines is 1. The van der Waals surface area contributed by atoms with Crippen molar-refractivity contribution in [2.24, 2.45) is 0 Å². The smallest absolute Gasteiger partial charge is 0.180 e. The highest BCUT2D eigenvalue weighted by atomic mass is 19.1. The molecule has 0 unspecified atom stereocenters. The fourth-order valence-electron chi connectivity index (χ4n) is 1.29. The Bertz CT molecular complexity index is 483. The van der Waals surface area contributed by atoms with Crippen LogP contribution in [0.5, 0.6) is 0 Å². The van der Waals surface area contributed by atoms with E-state index in [2.05, 4.69) is 10.3 Å². The van der Waals surface area contributed by atoms with Crippen LogP contribution >= 0.6 is 0 Å². The van der Waals surface area contributed by atoms with E-state index in [0.29, 0.717) is 5.76 Å². The molecule has 0 aliphatic heterocycles. The maximum absolute atomic E-state index is 13.4. The van der Waals surface area contributed by atoms with Crippen molar-refractivity contribution in [3.8, 4) is 0 Å². The summed E-state index contributed by atoms with van der Waals surface area (Å²) < 4.78 is 31.5. The monoisotopic (exact) mass is 224 g/mol. The Hall–Kier alpha value is -1.91. The maximum Gasteiger partial charge on any atom is 0.180 e. The van der Waals surface area contributed by atoms with Crippen LogP contribution in [0.4, 0.5) is 14.5 Å². The molecule has 0 saturated carbocycles. The second kappa shape index (κ2) is 4.30. The molecule has 1 aromatic heterocycles. The summed E-state index contributed by atoms with van der Waals surface area (Å²) in [5, 5.41) is 2.73. The normalized spacial score (nSPS) is 10.4. The van der Waals surface area contributed by atoms with E-state index in [9.17, 15) is 8.78 Å². The van der Waals surface area contributed by atoms with E-state index >= 15 is 0 Å². The average Bonchev–Trinajstić information content (AvgIpc) is 2.74. The minimum absolute atomic E-state index is 0.111. The molecule has 0 aliphatic rings. The summed E-state index contributed by atoms with van der Waals surface area (Å²) in [6.45, 7) is 1.78. The predicted octanol–water partition coefficient (Wildman–Crippen LogP) is 2.87. The van der Waals surface area contributed by atoms with Gasteiger partial charge in [0.15, 0.2) is 6.39 Å². The van der Waals surface area contributed by atoms with E-state index < -0.39 is 11.6 Å². The summed E-state index contributed by atoms with van der Waals surface area (Å²) in [6.07, 6.45) is 2.79. The molecular weight excluding hydrogens is 214 g/mol. The number of aryl methyl sites for hydroxylation is 1. The van der Waals surface area contributed by atoms with Crippen LogP contribution in [-0.2, 0) is 6.54 Å². The molecule has 3 nitrogen and oxygen atoms in total. The van der Waals surface area contributed by atoms with Gasteiger partial charge in [-0.2, -0.15) is 0 Å². The zero-order valence-corrected chi connectivity index (χ0v) is 8.63. The molecule has 0 radical (unpaired) electrons. The number of benzene rings is 1. The van der Waals surface area contributed by atoms with Gasteiger partial charge in [0.05, 0.1) is 18.4 Å². The van der Waals surface area contributed by atoms with Crippen LogP contribution < -0.4 is 5.32 Å². The Labute approximate surface area is 91.1 Å². The molecule has 1 aromatic carbocycles. The Morgan fingerprint density at radius 2 is 2.12 bits per heavy atom. The van der Waals surface area contributed by atoms with Gasteiger partial charge in [0, 0.05) is 6.07 Å². The molecule has 1 N–H and O–H groups in total. The molecule has 84 valence electrons. The zero-order valence-electron chi connectivity index (χ0n) is 8.63. The summed E-state index contributed by atoms with van der Waals surface area (Å²) in [4.78, 5) is 3.71. The number of aromatic nitrogens is 1. The summed E-state index contributed by atoms with van der Waals surface area (Å²) in [6, 6.07) is 2.28. The third kappa shape index (κ3) is 2.18. The van der Waals surface area contributed by atoms with Gasteiger partial charge in [0.1, 0.15) is 17.4 Å². The summed E-state index contributed by atoms with van der Waals surface area (Å²) in [5.74, 6) is -0.375. The molecule has 0 saturated heterocycles. The van der Waals surface area contributed by atoms with Crippen molar-refractivity contribution < 1.29 is 13.2 Å². The number of rotatable bonds is 3. The van der Waals surface area contributed by atoms with Crippen molar-refractivity contribution in [3.05, 3.63) is 47.7 Å². The van der Waals surface area contributed by atoms with Crippen LogP contribution in [-0.4, -0.2) is 4.98 Å². The van der Waals surface area contributed by atoms with Gasteiger partial charge in [-0.15, -0.1) is 0 Å². The van der Waals surface area contributed by atoms with E-state index in [1.165, 1.54) is 19.5 Å². The van der Waals surface area contributed by atoms with E-state index in [0.717, 1.165) is 12.1 Å². The van der Waals surface area contributed by atoms with E-state index in [1.54, 1.807) is 0 Å². The third-order valence-corrected chi connectivity index (χ3v) is 2.18. The Morgan fingerprint density at radius 3 is 2.81 bits per heavy atom. The summed E-state index contributed by atoms with van der Waals surface area (Å²) in [5.41, 5.74) is 0.391. The lowest BCUT2D eigenvalue weighted by Gasteiger charge is -2.07. The fraction of sp³-hybridized carbons (Fsp3) is 0.182. The topological polar surface area (TPSA) is 38.1 Å². The number of nitrogens with one attached hydrogen (secondary N) is 1. The first-order valence-corrected chi connectivity index (χ1v) is 4.73. The van der Waals surface area contributed by atoms with Gasteiger partial charge in [-0.3, -0.25) is 0 Å². The Morgan fingerprint density at radius 1 is 1.31 bits per heavy atom. The van der Waals surface area contributed by atoms with Gasteiger partial charge in [0.25, 0.3) is 0 Å². The molecule has 2 aromatic rings. The van der Waals surface area contributed by atoms with Crippen molar-refractivity contribution in [1.82, 2.24) is 4.98 Å². The number of hydrogen-bond acceptors (Lipinski definition) is 3. The number of oxazole rings is 1. The Kier molecular flexibility index (Phi) is 2.85. The first-order chi connectivity index (χ1) is 7.66. The molecule has 16 heavy (non-hydrogen) atoms. The number of nitrogens with zero attached hydrogens (tertiary/aromatic N) is 1. The molecule has 0 fully saturated rings. The highest BCUT2D eigenvalue weighted by Crippen LogP contribution is 2.19. The van der Waals surface area contributed by atoms with Gasteiger partial charge in [-0.25, -0.2) is 13.8 Å². The van der Waals surface area contributed by atoms with Crippen molar-refractivity contribution >= 4 is 5.69 Å².